The molecule has 0 spiro atoms. The second-order valence-corrected chi connectivity index (χ2v) is 0. The van der Waals surface area contributed by atoms with Gasteiger partial charge in [-0.2, -0.15) is 0 Å². The zero-order chi connectivity index (χ0) is 6.00. The number of nitrogens with zero attached hydrogens (tertiary/aromatic N) is 3. The molecule has 6 heteroatoms. The van der Waals surface area contributed by atoms with Crippen LogP contribution in [0.1, 0.15) is 0 Å². The SMILES string of the molecule is [C-]#N.[C-]#N.[C-]#N.[K+].[K+].[Mn+2]. The zero-order valence-corrected chi connectivity index (χ0v) is 12.6. The molecule has 0 fully saturated rings. The molecule has 0 saturated heterocycles. The summed E-state index contributed by atoms with van der Waals surface area (Å²) in [6.07, 6.45) is 0. The van der Waals surface area contributed by atoms with Gasteiger partial charge in [0.15, 0.2) is 0 Å². The summed E-state index contributed by atoms with van der Waals surface area (Å²) in [7, 11) is 0. The molecule has 3 nitrogen and oxygen atoms in total. The van der Waals surface area contributed by atoms with E-state index in [-0.39, 0.29) is 120 Å². The first-order valence-corrected chi connectivity index (χ1v) is 0.671. The van der Waals surface area contributed by atoms with Crippen LogP contribution in [0.15, 0.2) is 0 Å². The van der Waals surface area contributed by atoms with Crippen LogP contribution in [0.25, 0.3) is 0 Å². The molecule has 0 rings (SSSR count). The molecule has 0 unspecified atom stereocenters. The van der Waals surface area contributed by atoms with Gasteiger partial charge in [-0.1, -0.05) is 0 Å². The normalized spacial score (nSPS) is 0.667. The van der Waals surface area contributed by atoms with Gasteiger partial charge in [0, 0.05) is 0 Å². The molecule has 0 aromatic rings. The van der Waals surface area contributed by atoms with Crippen LogP contribution >= 0.6 is 0 Å². The van der Waals surface area contributed by atoms with Crippen LogP contribution in [0.4, 0.5) is 0 Å². The van der Waals surface area contributed by atoms with Crippen LogP contribution in [0.5, 0.6) is 0 Å². The predicted octanol–water partition coefficient (Wildman–Crippen LogP) is -5.71. The van der Waals surface area contributed by atoms with E-state index in [0.717, 1.165) is 0 Å². The van der Waals surface area contributed by atoms with Gasteiger partial charge in [0.05, 0.1) is 0 Å². The Kier molecular flexibility index (Phi) is 819. The standard InChI is InChI=1S/3CN.2K.Mn/c3*1-2;;;/q3*-1;2*+1;+2. The van der Waals surface area contributed by atoms with E-state index in [4.69, 9.17) is 35.5 Å². The topological polar surface area (TPSA) is 71.4 Å². The van der Waals surface area contributed by atoms with Gasteiger partial charge in [0.25, 0.3) is 0 Å². The number of hydrogen-bond acceptors (Lipinski definition) is 3. The average Bonchev–Trinajstić information content (AvgIpc) is 1.81. The van der Waals surface area contributed by atoms with Crippen LogP contribution in [0.3, 0.4) is 0 Å². The molecule has 0 N–H and O–H groups in total. The molecule has 9 heavy (non-hydrogen) atoms. The van der Waals surface area contributed by atoms with Crippen LogP contribution in [0, 0.1) is 35.5 Å². The summed E-state index contributed by atoms with van der Waals surface area (Å²) in [4.78, 5) is 0. The van der Waals surface area contributed by atoms with E-state index in [1.807, 2.05) is 0 Å². The van der Waals surface area contributed by atoms with Crippen LogP contribution < -0.4 is 103 Å². The van der Waals surface area contributed by atoms with Gasteiger partial charge in [-0.25, -0.2) is 0 Å². The van der Waals surface area contributed by atoms with Crippen LogP contribution in [0.2, 0.25) is 0 Å². The minimum Gasteiger partial charge on any atom is -0.512 e. The minimum absolute atomic E-state index is 0. The molecule has 0 amide bonds. The van der Waals surface area contributed by atoms with E-state index < -0.39 is 0 Å². The summed E-state index contributed by atoms with van der Waals surface area (Å²) in [5.74, 6) is 0. The van der Waals surface area contributed by atoms with E-state index >= 15 is 0 Å². The van der Waals surface area contributed by atoms with E-state index in [1.165, 1.54) is 0 Å². The van der Waals surface area contributed by atoms with Gasteiger partial charge in [-0.15, -0.1) is 0 Å². The van der Waals surface area contributed by atoms with E-state index in [0.29, 0.717) is 0 Å². The molecule has 0 heterocycles. The van der Waals surface area contributed by atoms with Crippen molar-refractivity contribution in [2.45, 2.75) is 0 Å². The van der Waals surface area contributed by atoms with Crippen molar-refractivity contribution in [3.05, 3.63) is 19.7 Å². The van der Waals surface area contributed by atoms with E-state index in [1.54, 1.807) is 0 Å². The van der Waals surface area contributed by atoms with E-state index in [2.05, 4.69) is 0 Å². The smallest absolute Gasteiger partial charge is 0.512 e. The molecule has 0 aromatic heterocycles. The molecule has 35 valence electrons. The van der Waals surface area contributed by atoms with Crippen LogP contribution in [-0.4, -0.2) is 0 Å². The predicted molar refractivity (Wildman–Crippen MR) is 14.9 cm³/mol. The molecule has 0 atom stereocenters. The van der Waals surface area contributed by atoms with Crippen molar-refractivity contribution in [3.8, 4) is 0 Å². The number of rotatable bonds is 0. The van der Waals surface area contributed by atoms with Gasteiger partial charge in [0.1, 0.15) is 0 Å². The molecule has 0 bridgehead atoms. The summed E-state index contributed by atoms with van der Waals surface area (Å²) < 4.78 is 0. The zero-order valence-electron chi connectivity index (χ0n) is 5.22. The van der Waals surface area contributed by atoms with Crippen molar-refractivity contribution >= 4 is 0 Å². The molecular weight excluding hydrogens is 211 g/mol. The van der Waals surface area contributed by atoms with Crippen molar-refractivity contribution in [2.24, 2.45) is 0 Å². The molecule has 0 aromatic carbocycles. The molecule has 0 aliphatic carbocycles. The summed E-state index contributed by atoms with van der Waals surface area (Å²) >= 11 is 0. The Bertz CT molecular complexity index is 45.5. The fourth-order valence-electron chi connectivity index (χ4n) is 0. The first kappa shape index (κ1) is 42.8. The molecular formula is C3K2MnN3+. The molecule has 0 saturated carbocycles. The van der Waals surface area contributed by atoms with Gasteiger partial charge in [0.2, 0.25) is 0 Å². The van der Waals surface area contributed by atoms with Gasteiger partial charge in [-0.3, -0.25) is 0 Å². The summed E-state index contributed by atoms with van der Waals surface area (Å²) in [5, 5.41) is 18.8. The molecule has 0 aliphatic heterocycles. The Balaban J connectivity index is -0.00000000321. The minimum atomic E-state index is 0. The first-order valence-electron chi connectivity index (χ1n) is 0.671. The van der Waals surface area contributed by atoms with Crippen molar-refractivity contribution in [3.63, 3.8) is 0 Å². The Morgan fingerprint density at radius 2 is 0.556 bits per heavy atom. The Labute approximate surface area is 151 Å². The number of hydrogen-bond donors (Lipinski definition) is 0. The Hall–Kier alpha value is 2.26. The largest absolute Gasteiger partial charge is 2.00 e. The molecule has 1 radical (unpaired) electrons. The second kappa shape index (κ2) is 172. The first-order chi connectivity index (χ1) is 3.00. The fraction of sp³-hybridized carbons (Fsp3) is 0. The Morgan fingerprint density at radius 1 is 0.556 bits per heavy atom. The molecule has 0 aliphatic rings. The van der Waals surface area contributed by atoms with Gasteiger partial charge < -0.3 is 35.5 Å². The van der Waals surface area contributed by atoms with Gasteiger partial charge >= 0.3 is 120 Å². The monoisotopic (exact) mass is 211 g/mol. The maximum Gasteiger partial charge on any atom is 2.00 e. The summed E-state index contributed by atoms with van der Waals surface area (Å²) in [5.41, 5.74) is 0. The summed E-state index contributed by atoms with van der Waals surface area (Å²) in [6.45, 7) is 14.2. The van der Waals surface area contributed by atoms with Crippen molar-refractivity contribution in [1.29, 1.82) is 15.8 Å². The quantitative estimate of drug-likeness (QED) is 0.296. The third-order valence-electron chi connectivity index (χ3n) is 0. The maximum atomic E-state index is 6.25. The summed E-state index contributed by atoms with van der Waals surface area (Å²) in [6, 6.07) is 0. The Morgan fingerprint density at radius 3 is 0.556 bits per heavy atom. The van der Waals surface area contributed by atoms with Crippen molar-refractivity contribution in [1.82, 2.24) is 0 Å². The second-order valence-electron chi connectivity index (χ2n) is 0. The van der Waals surface area contributed by atoms with Crippen molar-refractivity contribution < 1.29 is 120 Å². The fourth-order valence-corrected chi connectivity index (χ4v) is 0. The average molecular weight is 211 g/mol. The third kappa shape index (κ3) is 137. The van der Waals surface area contributed by atoms with Gasteiger partial charge in [-0.05, 0) is 0 Å². The van der Waals surface area contributed by atoms with E-state index in [9.17, 15) is 0 Å². The van der Waals surface area contributed by atoms with Crippen LogP contribution in [-0.2, 0) is 17.1 Å². The maximum absolute atomic E-state index is 6.25. The third-order valence-corrected chi connectivity index (χ3v) is 0. The van der Waals surface area contributed by atoms with Crippen molar-refractivity contribution in [2.75, 3.05) is 0 Å².